The number of aryl methyl sites for hydroxylation is 1. The van der Waals surface area contributed by atoms with Crippen LogP contribution in [-0.2, 0) is 20.0 Å². The molecule has 0 saturated carbocycles. The van der Waals surface area contributed by atoms with Crippen molar-refractivity contribution in [1.82, 2.24) is 29.5 Å². The number of carbonyl (C=O) groups is 1. The Kier molecular flexibility index (Phi) is 6.71. The Balaban J connectivity index is 1.57. The van der Waals surface area contributed by atoms with E-state index >= 15 is 0 Å². The van der Waals surface area contributed by atoms with Gasteiger partial charge < -0.3 is 4.57 Å². The molecule has 9 heteroatoms. The second-order valence-electron chi connectivity index (χ2n) is 9.20. The van der Waals surface area contributed by atoms with Gasteiger partial charge >= 0.3 is 0 Å². The van der Waals surface area contributed by atoms with Gasteiger partial charge in [-0.3, -0.25) is 14.7 Å². The molecule has 188 valence electrons. The fourth-order valence-electron chi connectivity index (χ4n) is 4.56. The molecule has 5 rings (SSSR count). The lowest BCUT2D eigenvalue weighted by molar-refractivity contribution is 0.101. The van der Waals surface area contributed by atoms with Crippen LogP contribution in [0.5, 0.6) is 0 Å². The van der Waals surface area contributed by atoms with Gasteiger partial charge in [0, 0.05) is 29.9 Å². The summed E-state index contributed by atoms with van der Waals surface area (Å²) >= 11 is 1.57. The molecule has 0 bridgehead atoms. The van der Waals surface area contributed by atoms with Gasteiger partial charge in [-0.05, 0) is 44.9 Å². The van der Waals surface area contributed by atoms with Crippen molar-refractivity contribution < 1.29 is 4.79 Å². The van der Waals surface area contributed by atoms with E-state index < -0.39 is 0 Å². The highest BCUT2D eigenvalue weighted by Crippen LogP contribution is 2.37. The Hall–Kier alpha value is -4.11. The van der Waals surface area contributed by atoms with Gasteiger partial charge in [-0.2, -0.15) is 10.2 Å². The van der Waals surface area contributed by atoms with Gasteiger partial charge in [0.15, 0.2) is 11.4 Å². The van der Waals surface area contributed by atoms with Crippen LogP contribution in [0.3, 0.4) is 0 Å². The number of aromatic amines is 1. The van der Waals surface area contributed by atoms with Crippen molar-refractivity contribution in [2.24, 2.45) is 7.05 Å². The quantitative estimate of drug-likeness (QED) is 0.229. The summed E-state index contributed by atoms with van der Waals surface area (Å²) in [4.78, 5) is 30.2. The molecule has 37 heavy (non-hydrogen) atoms. The van der Waals surface area contributed by atoms with E-state index in [4.69, 9.17) is 4.98 Å². The number of carbonyl (C=O) groups excluding carboxylic acids is 1. The molecular formula is C28H28N6O2S. The first-order valence-electron chi connectivity index (χ1n) is 12.1. The highest BCUT2D eigenvalue weighted by molar-refractivity contribution is 7.19. The van der Waals surface area contributed by atoms with Crippen LogP contribution in [-0.4, -0.2) is 35.3 Å². The first kappa shape index (κ1) is 24.6. The van der Waals surface area contributed by atoms with Gasteiger partial charge in [-0.1, -0.05) is 42.0 Å². The molecule has 0 radical (unpaired) electrons. The Morgan fingerprint density at radius 1 is 1.24 bits per heavy atom. The summed E-state index contributed by atoms with van der Waals surface area (Å²) in [5, 5.41) is 13.4. The van der Waals surface area contributed by atoms with Crippen LogP contribution < -0.4 is 5.56 Å². The Bertz CT molecular complexity index is 1720. The zero-order chi connectivity index (χ0) is 26.1. The molecule has 0 amide bonds. The molecule has 1 N–H and O–H groups in total. The Morgan fingerprint density at radius 2 is 2.08 bits per heavy atom. The van der Waals surface area contributed by atoms with E-state index in [0.717, 1.165) is 37.6 Å². The van der Waals surface area contributed by atoms with Crippen molar-refractivity contribution in [3.05, 3.63) is 98.7 Å². The number of allylic oxidation sites excluding steroid dienone is 4. The third-order valence-electron chi connectivity index (χ3n) is 6.48. The predicted molar refractivity (Wildman–Crippen MR) is 147 cm³/mol. The predicted octanol–water partition coefficient (Wildman–Crippen LogP) is 5.17. The van der Waals surface area contributed by atoms with Gasteiger partial charge in [0.1, 0.15) is 10.5 Å². The zero-order valence-corrected chi connectivity index (χ0v) is 22.0. The molecule has 5 aromatic rings. The van der Waals surface area contributed by atoms with Crippen molar-refractivity contribution in [3.63, 3.8) is 0 Å². The van der Waals surface area contributed by atoms with Gasteiger partial charge in [0.25, 0.3) is 5.56 Å². The smallest absolute Gasteiger partial charge is 0.291 e. The van der Waals surface area contributed by atoms with E-state index in [1.807, 2.05) is 74.0 Å². The van der Waals surface area contributed by atoms with Crippen LogP contribution in [0.1, 0.15) is 53.3 Å². The number of hydrogen-bond acceptors (Lipinski definition) is 6. The summed E-state index contributed by atoms with van der Waals surface area (Å²) in [5.41, 5.74) is 4.94. The third kappa shape index (κ3) is 4.70. The number of nitrogens with one attached hydrogen (secondary N) is 1. The lowest BCUT2D eigenvalue weighted by Gasteiger charge is -2.13. The molecule has 1 atom stereocenters. The van der Waals surface area contributed by atoms with Crippen molar-refractivity contribution in [2.75, 3.05) is 0 Å². The lowest BCUT2D eigenvalue weighted by atomic mass is 9.95. The molecule has 4 heterocycles. The zero-order valence-electron chi connectivity index (χ0n) is 21.2. The largest absolute Gasteiger partial charge is 0.323 e. The minimum absolute atomic E-state index is 0.0390. The van der Waals surface area contributed by atoms with Crippen LogP contribution in [0.25, 0.3) is 21.3 Å². The molecule has 0 aliphatic carbocycles. The van der Waals surface area contributed by atoms with Gasteiger partial charge in [0.2, 0.25) is 0 Å². The number of nitrogens with zero attached hydrogens (tertiary/aromatic N) is 5. The van der Waals surface area contributed by atoms with Crippen molar-refractivity contribution in [1.29, 1.82) is 0 Å². The molecule has 1 unspecified atom stereocenters. The second-order valence-corrected chi connectivity index (χ2v) is 10.2. The van der Waals surface area contributed by atoms with E-state index in [1.165, 1.54) is 4.68 Å². The fraction of sp³-hybridized carbons (Fsp3) is 0.250. The molecule has 0 fully saturated rings. The molecule has 0 aliphatic heterocycles. The molecule has 0 aliphatic rings. The van der Waals surface area contributed by atoms with Crippen LogP contribution >= 0.6 is 11.3 Å². The average Bonchev–Trinajstić information content (AvgIpc) is 3.62. The fourth-order valence-corrected chi connectivity index (χ4v) is 5.79. The molecular weight excluding hydrogens is 484 g/mol. The first-order valence-corrected chi connectivity index (χ1v) is 12.9. The maximum absolute atomic E-state index is 13.3. The van der Waals surface area contributed by atoms with E-state index in [1.54, 1.807) is 30.7 Å². The summed E-state index contributed by atoms with van der Waals surface area (Å²) < 4.78 is 4.31. The molecule has 8 nitrogen and oxygen atoms in total. The van der Waals surface area contributed by atoms with Gasteiger partial charge in [-0.15, -0.1) is 11.3 Å². The van der Waals surface area contributed by atoms with Crippen LogP contribution in [0, 0.1) is 0 Å². The molecule has 0 spiro atoms. The topological polar surface area (TPSA) is 98.5 Å². The lowest BCUT2D eigenvalue weighted by Crippen LogP contribution is -2.24. The van der Waals surface area contributed by atoms with E-state index in [0.29, 0.717) is 24.0 Å². The van der Waals surface area contributed by atoms with E-state index in [-0.39, 0.29) is 17.3 Å². The minimum atomic E-state index is -0.133. The van der Waals surface area contributed by atoms with Gasteiger partial charge in [-0.25, -0.2) is 9.67 Å². The first-order chi connectivity index (χ1) is 17.9. The van der Waals surface area contributed by atoms with Gasteiger partial charge in [0.05, 0.1) is 23.4 Å². The number of hydrogen-bond donors (Lipinski definition) is 1. The SMILES string of the molecule is C/C=C\C=C(/C)Cn1ncc2c3sc(C(Cc4cccc(C(C)=O)c4)c4ccn[nH]4)nc3n(C)c2c1=O. The standard InChI is InChI=1S/C28H28N6O2S/c1-5-6-8-17(2)16-34-28(36)24-22(15-30-34)25-26(33(24)4)31-27(37-25)21(23-11-12-29-32-23)14-19-9-7-10-20(13-19)18(3)35/h5-13,15,21H,14,16H2,1-4H3,(H,29,32)/b6-5-,17-8+. The molecule has 1 aromatic carbocycles. The van der Waals surface area contributed by atoms with Crippen LogP contribution in [0.15, 0.2) is 71.3 Å². The highest BCUT2D eigenvalue weighted by Gasteiger charge is 2.25. The number of fused-ring (bicyclic) bond motifs is 3. The van der Waals surface area contributed by atoms with E-state index in [9.17, 15) is 9.59 Å². The van der Waals surface area contributed by atoms with Crippen LogP contribution in [0.2, 0.25) is 0 Å². The number of thiazole rings is 1. The van der Waals surface area contributed by atoms with Crippen molar-refractivity contribution in [3.8, 4) is 0 Å². The minimum Gasteiger partial charge on any atom is -0.323 e. The summed E-state index contributed by atoms with van der Waals surface area (Å²) in [6.07, 6.45) is 10.0. The number of Topliss-reactive ketones (excluding diaryl/α,β-unsaturated/α-hetero) is 1. The number of aromatic nitrogens is 6. The summed E-state index contributed by atoms with van der Waals surface area (Å²) in [7, 11) is 1.88. The summed E-state index contributed by atoms with van der Waals surface area (Å²) in [5.74, 6) is -0.0399. The molecule has 4 aromatic heterocycles. The number of ketones is 1. The molecule has 0 saturated heterocycles. The maximum Gasteiger partial charge on any atom is 0.291 e. The Morgan fingerprint density at radius 3 is 2.81 bits per heavy atom. The van der Waals surface area contributed by atoms with Crippen LogP contribution in [0.4, 0.5) is 0 Å². The summed E-state index contributed by atoms with van der Waals surface area (Å²) in [6.45, 7) is 5.94. The van der Waals surface area contributed by atoms with E-state index in [2.05, 4.69) is 15.3 Å². The monoisotopic (exact) mass is 512 g/mol. The van der Waals surface area contributed by atoms with Crippen molar-refractivity contribution in [2.45, 2.75) is 39.7 Å². The normalized spacial score (nSPS) is 13.2. The number of benzene rings is 1. The summed E-state index contributed by atoms with van der Waals surface area (Å²) in [6, 6.07) is 9.66. The highest BCUT2D eigenvalue weighted by atomic mass is 32.1. The number of rotatable bonds is 8. The third-order valence-corrected chi connectivity index (χ3v) is 7.67. The van der Waals surface area contributed by atoms with Crippen molar-refractivity contribution >= 4 is 38.4 Å². The second kappa shape index (κ2) is 10.1. The maximum atomic E-state index is 13.3. The number of H-pyrrole nitrogens is 1. The average molecular weight is 513 g/mol. The Labute approximate surface area is 218 Å².